The summed E-state index contributed by atoms with van der Waals surface area (Å²) in [6.07, 6.45) is -0.439. The van der Waals surface area contributed by atoms with Crippen LogP contribution >= 0.6 is 0 Å². The topological polar surface area (TPSA) is 75.7 Å². The van der Waals surface area contributed by atoms with Gasteiger partial charge in [-0.1, -0.05) is 0 Å². The van der Waals surface area contributed by atoms with E-state index in [1.54, 1.807) is 0 Å². The van der Waals surface area contributed by atoms with Crippen LogP contribution < -0.4 is 0 Å². The molecule has 0 saturated carbocycles. The van der Waals surface area contributed by atoms with Gasteiger partial charge in [-0.3, -0.25) is 4.48 Å². The molecule has 0 aromatic rings. The first-order valence-corrected chi connectivity index (χ1v) is 6.55. The van der Waals surface area contributed by atoms with E-state index in [-0.39, 0.29) is 0 Å². The van der Waals surface area contributed by atoms with Gasteiger partial charge >= 0.3 is 0 Å². The van der Waals surface area contributed by atoms with Gasteiger partial charge in [0.15, 0.2) is 6.73 Å². The minimum Gasteiger partial charge on any atom is -0.748 e. The first-order valence-electron chi connectivity index (χ1n) is 4.97. The average Bonchev–Trinajstić information content (AvgIpc) is 2.47. The fourth-order valence-electron chi connectivity index (χ4n) is 2.17. The zero-order valence-corrected chi connectivity index (χ0v) is 9.24. The highest BCUT2D eigenvalue weighted by molar-refractivity contribution is 7.85. The molecular weight excluding hydrogens is 222 g/mol. The van der Waals surface area contributed by atoms with Crippen molar-refractivity contribution in [1.82, 2.24) is 0 Å². The van der Waals surface area contributed by atoms with Crippen LogP contribution in [0, 0.1) is 0 Å². The minimum atomic E-state index is -4.18. The van der Waals surface area contributed by atoms with Gasteiger partial charge in [0.05, 0.1) is 29.1 Å². The maximum atomic E-state index is 10.6. The Hall–Kier alpha value is -0.210. The average molecular weight is 237 g/mol. The van der Waals surface area contributed by atoms with Gasteiger partial charge in [0.25, 0.3) is 0 Å². The lowest BCUT2D eigenvalue weighted by Crippen LogP contribution is -2.54. The Kier molecular flexibility index (Phi) is 3.00. The van der Waals surface area contributed by atoms with Crippen molar-refractivity contribution >= 4 is 10.1 Å². The first kappa shape index (κ1) is 11.3. The van der Waals surface area contributed by atoms with Crippen molar-refractivity contribution in [3.05, 3.63) is 0 Å². The lowest BCUT2D eigenvalue weighted by Gasteiger charge is -2.35. The van der Waals surface area contributed by atoms with Crippen LogP contribution in [-0.2, 0) is 19.6 Å². The van der Waals surface area contributed by atoms with E-state index in [0.717, 1.165) is 17.6 Å². The van der Waals surface area contributed by atoms with Crippen LogP contribution in [0.1, 0.15) is 0 Å². The van der Waals surface area contributed by atoms with Crippen LogP contribution in [0.5, 0.6) is 0 Å². The molecule has 0 amide bonds. The zero-order valence-electron chi connectivity index (χ0n) is 8.42. The Balaban J connectivity index is 1.93. The van der Waals surface area contributed by atoms with E-state index in [0.29, 0.717) is 26.5 Å². The molecule has 1 atom stereocenters. The summed E-state index contributed by atoms with van der Waals surface area (Å²) < 4.78 is 43.1. The molecule has 2 saturated heterocycles. The second kappa shape index (κ2) is 3.99. The van der Waals surface area contributed by atoms with Crippen molar-refractivity contribution in [3.8, 4) is 0 Å². The third-order valence-corrected chi connectivity index (χ3v) is 3.77. The molecule has 0 aromatic carbocycles. The number of ether oxygens (including phenoxy) is 2. The first-order chi connectivity index (χ1) is 6.99. The standard InChI is InChI=1S/C8H15NO5S/c10-15(11,12)6-8-5-9(7-14-8)1-3-13-4-2-9/h8H,1-7H2. The summed E-state index contributed by atoms with van der Waals surface area (Å²) in [6, 6.07) is 0. The summed E-state index contributed by atoms with van der Waals surface area (Å²) in [5.41, 5.74) is 0. The molecule has 88 valence electrons. The van der Waals surface area contributed by atoms with E-state index in [1.807, 2.05) is 0 Å². The molecule has 15 heavy (non-hydrogen) atoms. The Morgan fingerprint density at radius 1 is 1.33 bits per heavy atom. The lowest BCUT2D eigenvalue weighted by molar-refractivity contribution is -0.932. The molecule has 0 N–H and O–H groups in total. The molecule has 0 bridgehead atoms. The van der Waals surface area contributed by atoms with Gasteiger partial charge < -0.3 is 14.0 Å². The van der Waals surface area contributed by atoms with E-state index in [4.69, 9.17) is 9.47 Å². The van der Waals surface area contributed by atoms with Crippen LogP contribution in [0.15, 0.2) is 0 Å². The highest BCUT2D eigenvalue weighted by atomic mass is 32.2. The molecule has 0 aromatic heterocycles. The van der Waals surface area contributed by atoms with Gasteiger partial charge in [0, 0.05) is 0 Å². The summed E-state index contributed by atoms with van der Waals surface area (Å²) in [5, 5.41) is 0. The van der Waals surface area contributed by atoms with E-state index in [1.165, 1.54) is 0 Å². The van der Waals surface area contributed by atoms with Crippen LogP contribution in [0.4, 0.5) is 0 Å². The Morgan fingerprint density at radius 3 is 2.60 bits per heavy atom. The molecule has 6 nitrogen and oxygen atoms in total. The van der Waals surface area contributed by atoms with Gasteiger partial charge in [0.2, 0.25) is 0 Å². The molecule has 1 spiro atoms. The Labute approximate surface area is 89.1 Å². The predicted octanol–water partition coefficient (Wildman–Crippen LogP) is -1.27. The summed E-state index contributed by atoms with van der Waals surface area (Å²) in [7, 11) is -4.18. The molecule has 2 heterocycles. The monoisotopic (exact) mass is 237 g/mol. The lowest BCUT2D eigenvalue weighted by atomic mass is 10.3. The summed E-state index contributed by atoms with van der Waals surface area (Å²) in [5.74, 6) is -0.409. The highest BCUT2D eigenvalue weighted by Crippen LogP contribution is 2.21. The van der Waals surface area contributed by atoms with E-state index >= 15 is 0 Å². The maximum absolute atomic E-state index is 10.6. The SMILES string of the molecule is O=S(=O)([O-])CC1C[N+]2(CCOCC2)CO1. The summed E-state index contributed by atoms with van der Waals surface area (Å²) >= 11 is 0. The quantitative estimate of drug-likeness (QED) is 0.442. The predicted molar refractivity (Wildman–Crippen MR) is 50.0 cm³/mol. The fourth-order valence-corrected chi connectivity index (χ4v) is 2.83. The molecule has 2 aliphatic heterocycles. The second-order valence-corrected chi connectivity index (χ2v) is 5.67. The number of morpholine rings is 1. The van der Waals surface area contributed by atoms with Crippen LogP contribution in [-0.4, -0.2) is 68.9 Å². The normalized spacial score (nSPS) is 30.9. The Bertz CT molecular complexity index is 322. The number of rotatable bonds is 2. The van der Waals surface area contributed by atoms with Crippen molar-refractivity contribution in [3.63, 3.8) is 0 Å². The van der Waals surface area contributed by atoms with Gasteiger partial charge in [-0.15, -0.1) is 0 Å². The number of hydrogen-bond acceptors (Lipinski definition) is 5. The Morgan fingerprint density at radius 2 is 2.00 bits per heavy atom. The van der Waals surface area contributed by atoms with E-state index in [9.17, 15) is 13.0 Å². The van der Waals surface area contributed by atoms with E-state index < -0.39 is 22.0 Å². The number of hydrogen-bond donors (Lipinski definition) is 0. The van der Waals surface area contributed by atoms with Gasteiger partial charge in [-0.2, -0.15) is 0 Å². The number of quaternary nitrogens is 1. The van der Waals surface area contributed by atoms with Crippen molar-refractivity contribution in [2.75, 3.05) is 45.3 Å². The third kappa shape index (κ3) is 2.88. The van der Waals surface area contributed by atoms with Crippen molar-refractivity contribution in [2.45, 2.75) is 6.10 Å². The smallest absolute Gasteiger partial charge is 0.184 e. The zero-order chi connectivity index (χ0) is 10.9. The fraction of sp³-hybridized carbons (Fsp3) is 1.00. The molecular formula is C8H15NO5S. The van der Waals surface area contributed by atoms with Crippen LogP contribution in [0.2, 0.25) is 0 Å². The molecule has 2 aliphatic rings. The summed E-state index contributed by atoms with van der Waals surface area (Å²) in [4.78, 5) is 0. The van der Waals surface area contributed by atoms with Crippen LogP contribution in [0.3, 0.4) is 0 Å². The highest BCUT2D eigenvalue weighted by Gasteiger charge is 2.40. The van der Waals surface area contributed by atoms with Gasteiger partial charge in [-0.25, -0.2) is 8.42 Å². The number of nitrogens with zero attached hydrogens (tertiary/aromatic N) is 1. The van der Waals surface area contributed by atoms with Crippen molar-refractivity contribution < 1.29 is 26.9 Å². The van der Waals surface area contributed by atoms with Crippen molar-refractivity contribution in [1.29, 1.82) is 0 Å². The van der Waals surface area contributed by atoms with Crippen LogP contribution in [0.25, 0.3) is 0 Å². The third-order valence-electron chi connectivity index (χ3n) is 2.98. The molecule has 0 radical (unpaired) electrons. The van der Waals surface area contributed by atoms with Crippen molar-refractivity contribution in [2.24, 2.45) is 0 Å². The van der Waals surface area contributed by atoms with Gasteiger partial charge in [0.1, 0.15) is 25.7 Å². The minimum absolute atomic E-state index is 0.409. The summed E-state index contributed by atoms with van der Waals surface area (Å²) in [6.45, 7) is 4.17. The largest absolute Gasteiger partial charge is 0.748 e. The molecule has 2 rings (SSSR count). The second-order valence-electron chi connectivity index (χ2n) is 4.23. The molecule has 0 aliphatic carbocycles. The van der Waals surface area contributed by atoms with E-state index in [2.05, 4.69) is 0 Å². The van der Waals surface area contributed by atoms with Gasteiger partial charge in [-0.05, 0) is 0 Å². The molecule has 2 fully saturated rings. The molecule has 1 unspecified atom stereocenters. The molecule has 7 heteroatoms. The maximum Gasteiger partial charge on any atom is 0.184 e.